The van der Waals surface area contributed by atoms with Crippen LogP contribution in [0.15, 0.2) is 54.7 Å². The Morgan fingerprint density at radius 3 is 2.58 bits per heavy atom. The molecular weight excluding hydrogens is 488 g/mol. The van der Waals surface area contributed by atoms with E-state index in [0.717, 1.165) is 17.0 Å². The minimum absolute atomic E-state index is 0.0396. The van der Waals surface area contributed by atoms with Crippen LogP contribution in [0, 0.1) is 0 Å². The monoisotopic (exact) mass is 518 g/mol. The molecule has 4 unspecified atom stereocenters. The molecule has 2 fully saturated rings. The largest absolute Gasteiger partial charge is 0.454 e. The molecule has 3 aromatic rings. The molecule has 3 aliphatic heterocycles. The third kappa shape index (κ3) is 4.97. The van der Waals surface area contributed by atoms with Gasteiger partial charge in [0.1, 0.15) is 12.2 Å². The number of amides is 1. The second-order valence-corrected chi connectivity index (χ2v) is 10.6. The molecule has 0 spiro atoms. The van der Waals surface area contributed by atoms with Crippen LogP contribution in [0.3, 0.4) is 0 Å². The highest BCUT2D eigenvalue weighted by Gasteiger charge is 2.49. The van der Waals surface area contributed by atoms with Gasteiger partial charge in [0, 0.05) is 17.4 Å². The molecule has 4 heterocycles. The van der Waals surface area contributed by atoms with Gasteiger partial charge in [0.05, 0.1) is 24.9 Å². The third-order valence-corrected chi connectivity index (χ3v) is 6.90. The van der Waals surface area contributed by atoms with E-state index in [4.69, 9.17) is 23.7 Å². The fraction of sp³-hybridized carbons (Fsp3) is 0.393. The Labute approximate surface area is 220 Å². The number of benzene rings is 2. The molecule has 2 saturated heterocycles. The molecule has 1 aromatic heterocycles. The maximum Gasteiger partial charge on any atom is 0.412 e. The summed E-state index contributed by atoms with van der Waals surface area (Å²) in [5.74, 6) is 1.87. The second kappa shape index (κ2) is 9.77. The van der Waals surface area contributed by atoms with Crippen LogP contribution in [-0.2, 0) is 19.6 Å². The van der Waals surface area contributed by atoms with Crippen molar-refractivity contribution in [1.29, 1.82) is 0 Å². The van der Waals surface area contributed by atoms with Crippen LogP contribution >= 0.6 is 0 Å². The fourth-order valence-electron chi connectivity index (χ4n) is 4.84. The van der Waals surface area contributed by atoms with Gasteiger partial charge in [0.25, 0.3) is 0 Å². The molecule has 38 heavy (non-hydrogen) atoms. The molecule has 0 bridgehead atoms. The number of nitrogens with one attached hydrogen (secondary N) is 2. The van der Waals surface area contributed by atoms with Gasteiger partial charge in [-0.1, -0.05) is 32.9 Å². The number of carbonyl (C=O) groups excluding carboxylic acids is 1. The lowest BCUT2D eigenvalue weighted by Gasteiger charge is -2.20. The van der Waals surface area contributed by atoms with Crippen molar-refractivity contribution in [1.82, 2.24) is 9.97 Å². The van der Waals surface area contributed by atoms with Crippen molar-refractivity contribution in [3.8, 4) is 22.8 Å². The average molecular weight is 519 g/mol. The average Bonchev–Trinajstić information content (AvgIpc) is 3.62. The van der Waals surface area contributed by atoms with E-state index in [1.165, 1.54) is 5.56 Å². The molecule has 1 amide bonds. The Balaban J connectivity index is 1.06. The van der Waals surface area contributed by atoms with Crippen molar-refractivity contribution in [3.63, 3.8) is 0 Å². The van der Waals surface area contributed by atoms with Gasteiger partial charge in [-0.2, -0.15) is 0 Å². The molecule has 2 N–H and O–H groups in total. The minimum Gasteiger partial charge on any atom is -0.454 e. The van der Waals surface area contributed by atoms with Gasteiger partial charge in [-0.15, -0.1) is 0 Å². The maximum absolute atomic E-state index is 12.6. The zero-order chi connectivity index (χ0) is 26.3. The molecule has 198 valence electrons. The van der Waals surface area contributed by atoms with Gasteiger partial charge in [-0.3, -0.25) is 5.32 Å². The Bertz CT molecular complexity index is 1330. The molecular formula is C28H30N4O6. The van der Waals surface area contributed by atoms with Crippen LogP contribution in [0.2, 0.25) is 0 Å². The number of hydrogen-bond acceptors (Lipinski definition) is 9. The van der Waals surface area contributed by atoms with Gasteiger partial charge in [-0.25, -0.2) is 14.8 Å². The SMILES string of the molecule is CC(C)(C)c1ccc(NC(=O)OC2COC3C(Nc4nccc(-c5ccc6c(c5)OCO6)n4)COC23)cc1. The van der Waals surface area contributed by atoms with E-state index >= 15 is 0 Å². The summed E-state index contributed by atoms with van der Waals surface area (Å²) in [5.41, 5.74) is 3.54. The van der Waals surface area contributed by atoms with E-state index in [2.05, 4.69) is 41.4 Å². The first-order valence-corrected chi connectivity index (χ1v) is 12.6. The van der Waals surface area contributed by atoms with E-state index in [0.29, 0.717) is 24.0 Å². The quantitative estimate of drug-likeness (QED) is 0.508. The lowest BCUT2D eigenvalue weighted by Crippen LogP contribution is -2.38. The zero-order valence-corrected chi connectivity index (χ0v) is 21.5. The van der Waals surface area contributed by atoms with Gasteiger partial charge in [0.2, 0.25) is 12.7 Å². The highest BCUT2D eigenvalue weighted by atomic mass is 16.7. The fourth-order valence-corrected chi connectivity index (χ4v) is 4.84. The molecule has 0 aliphatic carbocycles. The predicted octanol–water partition coefficient (Wildman–Crippen LogP) is 4.37. The van der Waals surface area contributed by atoms with Crippen LogP contribution in [0.5, 0.6) is 11.5 Å². The summed E-state index contributed by atoms with van der Waals surface area (Å²) in [7, 11) is 0. The smallest absolute Gasteiger partial charge is 0.412 e. The first-order valence-electron chi connectivity index (χ1n) is 12.6. The Morgan fingerprint density at radius 2 is 1.76 bits per heavy atom. The summed E-state index contributed by atoms with van der Waals surface area (Å²) >= 11 is 0. The van der Waals surface area contributed by atoms with Gasteiger partial charge < -0.3 is 29.0 Å². The van der Waals surface area contributed by atoms with Crippen LogP contribution in [0.4, 0.5) is 16.4 Å². The summed E-state index contributed by atoms with van der Waals surface area (Å²) in [4.78, 5) is 21.6. The molecule has 4 atom stereocenters. The second-order valence-electron chi connectivity index (χ2n) is 10.6. The van der Waals surface area contributed by atoms with Gasteiger partial charge >= 0.3 is 6.09 Å². The van der Waals surface area contributed by atoms with E-state index in [-0.39, 0.29) is 37.1 Å². The van der Waals surface area contributed by atoms with Gasteiger partial charge in [0.15, 0.2) is 17.6 Å². The van der Waals surface area contributed by atoms with Gasteiger partial charge in [-0.05, 0) is 47.4 Å². The van der Waals surface area contributed by atoms with E-state index < -0.39 is 12.2 Å². The lowest BCUT2D eigenvalue weighted by atomic mass is 9.87. The number of aromatic nitrogens is 2. The van der Waals surface area contributed by atoms with Crippen molar-refractivity contribution in [2.75, 3.05) is 30.6 Å². The van der Waals surface area contributed by atoms with Crippen molar-refractivity contribution in [2.24, 2.45) is 0 Å². The molecule has 3 aliphatic rings. The number of hydrogen-bond donors (Lipinski definition) is 2. The first kappa shape index (κ1) is 24.4. The number of rotatable bonds is 5. The number of ether oxygens (including phenoxy) is 5. The van der Waals surface area contributed by atoms with E-state index in [1.54, 1.807) is 6.20 Å². The zero-order valence-electron chi connectivity index (χ0n) is 21.5. The molecule has 6 rings (SSSR count). The molecule has 2 aromatic carbocycles. The summed E-state index contributed by atoms with van der Waals surface area (Å²) in [6, 6.07) is 15.1. The molecule has 0 radical (unpaired) electrons. The minimum atomic E-state index is -0.539. The van der Waals surface area contributed by atoms with Crippen molar-refractivity contribution >= 4 is 17.7 Å². The topological polar surface area (TPSA) is 113 Å². The molecule has 10 heteroatoms. The Kier molecular flexibility index (Phi) is 6.29. The van der Waals surface area contributed by atoms with E-state index in [9.17, 15) is 4.79 Å². The summed E-state index contributed by atoms with van der Waals surface area (Å²) < 4.78 is 28.5. The first-order chi connectivity index (χ1) is 18.3. The van der Waals surface area contributed by atoms with Crippen molar-refractivity contribution < 1.29 is 28.5 Å². The Hall–Kier alpha value is -3.89. The van der Waals surface area contributed by atoms with Crippen LogP contribution < -0.4 is 20.1 Å². The van der Waals surface area contributed by atoms with E-state index in [1.807, 2.05) is 48.5 Å². The summed E-state index contributed by atoms with van der Waals surface area (Å²) in [6.07, 6.45) is -0.0261. The standard InChI is InChI=1S/C28H30N4O6/c1-28(2,3)17-5-7-18(8-6-17)30-27(33)38-23-14-35-24-20(13-34-25(23)24)32-26-29-11-10-19(31-26)16-4-9-21-22(12-16)37-15-36-21/h4-12,20,23-25H,13-15H2,1-3H3,(H,30,33)(H,29,31,32). The van der Waals surface area contributed by atoms with Crippen molar-refractivity contribution in [2.45, 2.75) is 50.5 Å². The highest BCUT2D eigenvalue weighted by molar-refractivity contribution is 5.84. The number of nitrogens with zero attached hydrogens (tertiary/aromatic N) is 2. The molecule has 10 nitrogen and oxygen atoms in total. The Morgan fingerprint density at radius 1 is 0.974 bits per heavy atom. The highest BCUT2D eigenvalue weighted by Crippen LogP contribution is 2.36. The summed E-state index contributed by atoms with van der Waals surface area (Å²) in [6.45, 7) is 7.28. The maximum atomic E-state index is 12.6. The number of anilines is 2. The van der Waals surface area contributed by atoms with Crippen molar-refractivity contribution in [3.05, 3.63) is 60.3 Å². The number of carbonyl (C=O) groups is 1. The lowest BCUT2D eigenvalue weighted by molar-refractivity contribution is 0.00917. The normalized spacial score (nSPS) is 23.7. The van der Waals surface area contributed by atoms with Crippen LogP contribution in [-0.4, -0.2) is 60.4 Å². The molecule has 0 saturated carbocycles. The predicted molar refractivity (Wildman–Crippen MR) is 140 cm³/mol. The summed E-state index contributed by atoms with van der Waals surface area (Å²) in [5, 5.41) is 6.11. The number of fused-ring (bicyclic) bond motifs is 2. The van der Waals surface area contributed by atoms with Crippen LogP contribution in [0.1, 0.15) is 26.3 Å². The third-order valence-electron chi connectivity index (χ3n) is 6.90. The van der Waals surface area contributed by atoms with Crippen LogP contribution in [0.25, 0.3) is 11.3 Å².